The van der Waals surface area contributed by atoms with Gasteiger partial charge in [0.05, 0.1) is 25.2 Å². The number of hydrogen-bond donors (Lipinski definition) is 0. The maximum absolute atomic E-state index is 14.1. The second-order valence-electron chi connectivity index (χ2n) is 9.63. The number of rotatable bonds is 5. The van der Waals surface area contributed by atoms with Crippen LogP contribution < -0.4 is 9.47 Å². The summed E-state index contributed by atoms with van der Waals surface area (Å²) in [5, 5.41) is 0. The molecule has 2 aromatic rings. The predicted molar refractivity (Wildman–Crippen MR) is 130 cm³/mol. The van der Waals surface area contributed by atoms with Crippen LogP contribution in [-0.4, -0.2) is 54.5 Å². The van der Waals surface area contributed by atoms with Gasteiger partial charge in [-0.15, -0.1) is 0 Å². The van der Waals surface area contributed by atoms with Gasteiger partial charge in [0, 0.05) is 25.2 Å². The van der Waals surface area contributed by atoms with E-state index in [1.54, 1.807) is 0 Å². The highest BCUT2D eigenvalue weighted by Gasteiger charge is 2.48. The molecular formula is C28H34N2O4. The summed E-state index contributed by atoms with van der Waals surface area (Å²) in [6.07, 6.45) is 2.78. The number of amides is 2. The first-order valence-corrected chi connectivity index (χ1v) is 12.6. The maximum atomic E-state index is 14.1. The van der Waals surface area contributed by atoms with Crippen molar-refractivity contribution in [3.8, 4) is 11.5 Å². The highest BCUT2D eigenvalue weighted by atomic mass is 16.5. The van der Waals surface area contributed by atoms with Crippen LogP contribution in [0.3, 0.4) is 0 Å². The number of piperidine rings is 1. The van der Waals surface area contributed by atoms with Crippen molar-refractivity contribution in [2.75, 3.05) is 32.8 Å². The Bertz CT molecular complexity index is 1090. The zero-order valence-electron chi connectivity index (χ0n) is 20.4. The lowest BCUT2D eigenvalue weighted by atomic mass is 9.75. The lowest BCUT2D eigenvalue weighted by Crippen LogP contribution is -2.51. The average Bonchev–Trinajstić information content (AvgIpc) is 2.85. The first-order chi connectivity index (χ1) is 16.5. The molecule has 3 aliphatic heterocycles. The molecule has 1 fully saturated rings. The fraction of sp³-hybridized carbons (Fsp3) is 0.500. The number of benzene rings is 2. The standard InChI is InChI=1S/C28H34N2O4/c1-4-33-23-16-19-12-15-30-26(22(19)17-24(23)34-5-2)25(20-8-6-7-9-21(20)27(30)31)28(32)29-13-10-18(3)11-14-29/h6-9,16-18,25-26H,4-5,10-15H2,1-3H3/t25-,26-/m1/s1. The Morgan fingerprint density at radius 3 is 2.35 bits per heavy atom. The molecule has 0 bridgehead atoms. The first-order valence-electron chi connectivity index (χ1n) is 12.6. The summed E-state index contributed by atoms with van der Waals surface area (Å²) in [6, 6.07) is 11.4. The second-order valence-corrected chi connectivity index (χ2v) is 9.63. The van der Waals surface area contributed by atoms with Crippen LogP contribution in [0.4, 0.5) is 0 Å². The summed E-state index contributed by atoms with van der Waals surface area (Å²) < 4.78 is 11.8. The van der Waals surface area contributed by atoms with E-state index in [4.69, 9.17) is 9.47 Å². The van der Waals surface area contributed by atoms with E-state index < -0.39 is 5.92 Å². The molecule has 34 heavy (non-hydrogen) atoms. The molecule has 2 aromatic carbocycles. The number of nitrogens with zero attached hydrogens (tertiary/aromatic N) is 2. The number of ether oxygens (including phenoxy) is 2. The lowest BCUT2D eigenvalue weighted by molar-refractivity contribution is -0.136. The lowest BCUT2D eigenvalue weighted by Gasteiger charge is -2.47. The van der Waals surface area contributed by atoms with Crippen LogP contribution in [0.25, 0.3) is 0 Å². The largest absolute Gasteiger partial charge is 0.490 e. The van der Waals surface area contributed by atoms with E-state index in [-0.39, 0.29) is 17.9 Å². The molecule has 0 unspecified atom stereocenters. The van der Waals surface area contributed by atoms with Crippen molar-refractivity contribution >= 4 is 11.8 Å². The van der Waals surface area contributed by atoms with Crippen LogP contribution in [0.2, 0.25) is 0 Å². The van der Waals surface area contributed by atoms with E-state index in [1.807, 2.05) is 54.0 Å². The first kappa shape index (κ1) is 22.8. The normalized spacial score (nSPS) is 22.0. The van der Waals surface area contributed by atoms with E-state index >= 15 is 0 Å². The van der Waals surface area contributed by atoms with Gasteiger partial charge in [-0.05, 0) is 73.9 Å². The number of carbonyl (C=O) groups is 2. The van der Waals surface area contributed by atoms with Crippen LogP contribution in [0.5, 0.6) is 11.5 Å². The number of likely N-dealkylation sites (tertiary alicyclic amines) is 1. The molecule has 1 saturated heterocycles. The SMILES string of the molecule is CCOc1cc2c(cc1OCC)[C@@H]1[C@H](C(=O)N3CCC(C)CC3)c3ccccc3C(=O)N1CC2. The molecule has 2 amide bonds. The van der Waals surface area contributed by atoms with Crippen molar-refractivity contribution in [3.05, 3.63) is 58.7 Å². The Hall–Kier alpha value is -3.02. The van der Waals surface area contributed by atoms with Gasteiger partial charge in [0.2, 0.25) is 5.91 Å². The van der Waals surface area contributed by atoms with Gasteiger partial charge in [-0.2, -0.15) is 0 Å². The molecular weight excluding hydrogens is 428 g/mol. The Kier molecular flexibility index (Phi) is 6.24. The molecule has 0 saturated carbocycles. The zero-order chi connectivity index (χ0) is 23.8. The van der Waals surface area contributed by atoms with Gasteiger partial charge in [-0.1, -0.05) is 25.1 Å². The van der Waals surface area contributed by atoms with Gasteiger partial charge in [0.15, 0.2) is 11.5 Å². The van der Waals surface area contributed by atoms with E-state index in [1.165, 1.54) is 0 Å². The Labute approximate surface area is 201 Å². The molecule has 3 heterocycles. The van der Waals surface area contributed by atoms with E-state index in [9.17, 15) is 9.59 Å². The molecule has 0 N–H and O–H groups in total. The predicted octanol–water partition coefficient (Wildman–Crippen LogP) is 4.58. The van der Waals surface area contributed by atoms with Crippen LogP contribution in [0.1, 0.15) is 72.6 Å². The molecule has 0 aromatic heterocycles. The quantitative estimate of drug-likeness (QED) is 0.653. The van der Waals surface area contributed by atoms with E-state index in [2.05, 4.69) is 13.0 Å². The monoisotopic (exact) mass is 462 g/mol. The van der Waals surface area contributed by atoms with Crippen molar-refractivity contribution in [2.24, 2.45) is 5.92 Å². The van der Waals surface area contributed by atoms with E-state index in [0.717, 1.165) is 54.8 Å². The van der Waals surface area contributed by atoms with Gasteiger partial charge in [-0.25, -0.2) is 0 Å². The third-order valence-corrected chi connectivity index (χ3v) is 7.55. The summed E-state index contributed by atoms with van der Waals surface area (Å²) in [4.78, 5) is 31.6. The minimum atomic E-state index is -0.422. The summed E-state index contributed by atoms with van der Waals surface area (Å²) in [5.41, 5.74) is 3.63. The van der Waals surface area contributed by atoms with Crippen molar-refractivity contribution in [1.82, 2.24) is 9.80 Å². The van der Waals surface area contributed by atoms with Crippen molar-refractivity contribution < 1.29 is 19.1 Å². The van der Waals surface area contributed by atoms with Crippen LogP contribution >= 0.6 is 0 Å². The number of fused-ring (bicyclic) bond motifs is 4. The Balaban J connectivity index is 1.63. The third-order valence-electron chi connectivity index (χ3n) is 7.55. The van der Waals surface area contributed by atoms with Crippen LogP contribution in [-0.2, 0) is 11.2 Å². The molecule has 5 rings (SSSR count). The number of carbonyl (C=O) groups excluding carboxylic acids is 2. The Morgan fingerprint density at radius 2 is 1.65 bits per heavy atom. The maximum Gasteiger partial charge on any atom is 0.254 e. The summed E-state index contributed by atoms with van der Waals surface area (Å²) in [6.45, 7) is 9.37. The minimum Gasteiger partial charge on any atom is -0.490 e. The van der Waals surface area contributed by atoms with Crippen LogP contribution in [0.15, 0.2) is 36.4 Å². The molecule has 6 heteroatoms. The van der Waals surface area contributed by atoms with Gasteiger partial charge >= 0.3 is 0 Å². The van der Waals surface area contributed by atoms with Gasteiger partial charge < -0.3 is 19.3 Å². The van der Waals surface area contributed by atoms with Gasteiger partial charge in [0.25, 0.3) is 5.91 Å². The molecule has 0 aliphatic carbocycles. The Morgan fingerprint density at radius 1 is 0.971 bits per heavy atom. The van der Waals surface area contributed by atoms with Crippen molar-refractivity contribution in [2.45, 2.75) is 52.0 Å². The zero-order valence-corrected chi connectivity index (χ0v) is 20.4. The molecule has 0 spiro atoms. The van der Waals surface area contributed by atoms with Gasteiger partial charge in [-0.3, -0.25) is 9.59 Å². The highest BCUT2D eigenvalue weighted by Crippen LogP contribution is 2.49. The summed E-state index contributed by atoms with van der Waals surface area (Å²) in [5.74, 6) is 1.76. The summed E-state index contributed by atoms with van der Waals surface area (Å²) in [7, 11) is 0. The van der Waals surface area contributed by atoms with Crippen molar-refractivity contribution in [3.63, 3.8) is 0 Å². The topological polar surface area (TPSA) is 59.1 Å². The molecule has 3 aliphatic rings. The minimum absolute atomic E-state index is 0.00871. The molecule has 180 valence electrons. The molecule has 2 atom stereocenters. The fourth-order valence-corrected chi connectivity index (χ4v) is 5.76. The number of hydrogen-bond acceptors (Lipinski definition) is 4. The molecule has 0 radical (unpaired) electrons. The average molecular weight is 463 g/mol. The molecule has 6 nitrogen and oxygen atoms in total. The smallest absolute Gasteiger partial charge is 0.254 e. The highest BCUT2D eigenvalue weighted by molar-refractivity contribution is 6.01. The third kappa shape index (κ3) is 3.83. The van der Waals surface area contributed by atoms with Gasteiger partial charge in [0.1, 0.15) is 0 Å². The van der Waals surface area contributed by atoms with Crippen molar-refractivity contribution in [1.29, 1.82) is 0 Å². The van der Waals surface area contributed by atoms with E-state index in [0.29, 0.717) is 37.0 Å². The summed E-state index contributed by atoms with van der Waals surface area (Å²) >= 11 is 0. The fourth-order valence-electron chi connectivity index (χ4n) is 5.76. The van der Waals surface area contributed by atoms with Crippen LogP contribution in [0, 0.1) is 5.92 Å². The second kappa shape index (κ2) is 9.32.